The number of halogens is 2. The lowest BCUT2D eigenvalue weighted by atomic mass is 9.94. The summed E-state index contributed by atoms with van der Waals surface area (Å²) >= 11 is 12.8. The van der Waals surface area contributed by atoms with Crippen molar-refractivity contribution < 1.29 is 9.59 Å². The summed E-state index contributed by atoms with van der Waals surface area (Å²) in [5, 5.41) is 0.740. The van der Waals surface area contributed by atoms with Gasteiger partial charge in [0.15, 0.2) is 5.78 Å². The van der Waals surface area contributed by atoms with Gasteiger partial charge in [0, 0.05) is 33.1 Å². The largest absolute Gasteiger partial charge is 0.369 e. The molecular weight excluding hydrogens is 407 g/mol. The third-order valence-corrected chi connectivity index (χ3v) is 6.16. The van der Waals surface area contributed by atoms with Gasteiger partial charge in [0.05, 0.1) is 5.69 Å². The molecule has 0 fully saturated rings. The van der Waals surface area contributed by atoms with E-state index in [9.17, 15) is 9.59 Å². The highest BCUT2D eigenvalue weighted by molar-refractivity contribution is 6.36. The number of primary amides is 1. The molecule has 0 aliphatic heterocycles. The summed E-state index contributed by atoms with van der Waals surface area (Å²) in [6.07, 6.45) is 4.87. The molecule has 1 amide bonds. The fraction of sp³-hybridized carbons (Fsp3) is 0.217. The Kier molecular flexibility index (Phi) is 5.24. The molecule has 0 bridgehead atoms. The Morgan fingerprint density at radius 3 is 2.31 bits per heavy atom. The number of hydrogen-bond acceptors (Lipinski definition) is 2. The summed E-state index contributed by atoms with van der Waals surface area (Å²) < 4.78 is 1.85. The Hall–Kier alpha value is -2.56. The number of ketones is 1. The van der Waals surface area contributed by atoms with E-state index in [1.165, 1.54) is 11.1 Å². The monoisotopic (exact) mass is 426 g/mol. The van der Waals surface area contributed by atoms with E-state index in [1.807, 2.05) is 29.0 Å². The van der Waals surface area contributed by atoms with Gasteiger partial charge in [-0.25, -0.2) is 0 Å². The average Bonchev–Trinajstić information content (AvgIpc) is 3.31. The Labute approximate surface area is 179 Å². The summed E-state index contributed by atoms with van der Waals surface area (Å²) in [4.78, 5) is 24.9. The van der Waals surface area contributed by atoms with Crippen molar-refractivity contribution >= 4 is 34.9 Å². The summed E-state index contributed by atoms with van der Waals surface area (Å²) in [7, 11) is 0. The van der Waals surface area contributed by atoms with Crippen LogP contribution in [0.4, 0.5) is 0 Å². The number of aryl methyl sites for hydroxylation is 2. The molecule has 1 unspecified atom stereocenters. The molecule has 0 saturated heterocycles. The van der Waals surface area contributed by atoms with Crippen molar-refractivity contribution in [1.29, 1.82) is 0 Å². The van der Waals surface area contributed by atoms with Gasteiger partial charge in [-0.05, 0) is 73.7 Å². The highest BCUT2D eigenvalue weighted by Gasteiger charge is 2.29. The summed E-state index contributed by atoms with van der Waals surface area (Å²) in [6.45, 7) is 1.56. The van der Waals surface area contributed by atoms with Gasteiger partial charge in [-0.1, -0.05) is 29.3 Å². The molecule has 2 N–H and O–H groups in total. The van der Waals surface area contributed by atoms with Gasteiger partial charge in [0.1, 0.15) is 5.92 Å². The number of fused-ring (bicyclic) bond motifs is 1. The van der Waals surface area contributed by atoms with Crippen LogP contribution in [0.3, 0.4) is 0 Å². The molecule has 0 spiro atoms. The van der Waals surface area contributed by atoms with Gasteiger partial charge in [0.25, 0.3) is 0 Å². The topological polar surface area (TPSA) is 65.1 Å². The number of benzene rings is 2. The van der Waals surface area contributed by atoms with E-state index in [0.29, 0.717) is 26.9 Å². The lowest BCUT2D eigenvalue weighted by molar-refractivity contribution is -0.118. The Balaban J connectivity index is 1.94. The standard InChI is InChI=1S/C23H20Cl2N2O2/c1-13(28)16-11-14-5-2-6-15(14)12-20(16)27-10-4-9-19(27)22(23(26)29)21-17(24)7-3-8-18(21)25/h3-4,7-12,22H,2,5-6H2,1H3,(H2,26,29). The van der Waals surface area contributed by atoms with Gasteiger partial charge >= 0.3 is 0 Å². The van der Waals surface area contributed by atoms with Crippen LogP contribution in [0.2, 0.25) is 10.0 Å². The Bertz CT molecular complexity index is 1110. The van der Waals surface area contributed by atoms with Crippen molar-refractivity contribution in [3.05, 3.63) is 86.7 Å². The van der Waals surface area contributed by atoms with Crippen LogP contribution in [0, 0.1) is 0 Å². The van der Waals surface area contributed by atoms with E-state index in [4.69, 9.17) is 28.9 Å². The molecule has 2 aromatic carbocycles. The van der Waals surface area contributed by atoms with Gasteiger partial charge in [-0.2, -0.15) is 0 Å². The van der Waals surface area contributed by atoms with Crippen LogP contribution in [-0.2, 0) is 17.6 Å². The van der Waals surface area contributed by atoms with Crippen molar-refractivity contribution in [3.8, 4) is 5.69 Å². The minimum Gasteiger partial charge on any atom is -0.369 e. The fourth-order valence-electron chi connectivity index (χ4n) is 4.16. The number of amides is 1. The second kappa shape index (κ2) is 7.69. The maximum Gasteiger partial charge on any atom is 0.231 e. The highest BCUT2D eigenvalue weighted by Crippen LogP contribution is 2.38. The first-order valence-electron chi connectivity index (χ1n) is 9.46. The zero-order chi connectivity index (χ0) is 20.7. The molecule has 0 radical (unpaired) electrons. The molecule has 1 atom stereocenters. The molecular formula is C23H20Cl2N2O2. The third-order valence-electron chi connectivity index (χ3n) is 5.50. The van der Waals surface area contributed by atoms with E-state index in [1.54, 1.807) is 25.1 Å². The van der Waals surface area contributed by atoms with E-state index < -0.39 is 11.8 Å². The first kappa shape index (κ1) is 19.7. The van der Waals surface area contributed by atoms with Gasteiger partial charge in [0.2, 0.25) is 5.91 Å². The molecule has 1 heterocycles. The van der Waals surface area contributed by atoms with Crippen molar-refractivity contribution in [2.45, 2.75) is 32.1 Å². The predicted molar refractivity (Wildman–Crippen MR) is 115 cm³/mol. The molecule has 1 aromatic heterocycles. The van der Waals surface area contributed by atoms with Crippen molar-refractivity contribution in [2.75, 3.05) is 0 Å². The smallest absolute Gasteiger partial charge is 0.231 e. The van der Waals surface area contributed by atoms with Gasteiger partial charge in [-0.3, -0.25) is 9.59 Å². The predicted octanol–water partition coefficient (Wildman–Crippen LogP) is 5.09. The van der Waals surface area contributed by atoms with Crippen LogP contribution in [0.5, 0.6) is 0 Å². The van der Waals surface area contributed by atoms with Crippen LogP contribution in [0.15, 0.2) is 48.7 Å². The molecule has 6 heteroatoms. The fourth-order valence-corrected chi connectivity index (χ4v) is 4.78. The second-order valence-corrected chi connectivity index (χ2v) is 8.14. The molecule has 1 aliphatic rings. The van der Waals surface area contributed by atoms with Crippen molar-refractivity contribution in [2.24, 2.45) is 5.73 Å². The summed E-state index contributed by atoms with van der Waals surface area (Å²) in [5.74, 6) is -1.44. The quantitative estimate of drug-likeness (QED) is 0.577. The zero-order valence-corrected chi connectivity index (χ0v) is 17.4. The minimum atomic E-state index is -0.848. The molecule has 148 valence electrons. The molecule has 0 saturated carbocycles. The maximum absolute atomic E-state index is 12.5. The number of rotatable bonds is 5. The van der Waals surface area contributed by atoms with Gasteiger partial charge in [-0.15, -0.1) is 0 Å². The van der Waals surface area contributed by atoms with E-state index >= 15 is 0 Å². The number of carbonyl (C=O) groups excluding carboxylic acids is 2. The molecule has 4 rings (SSSR count). The van der Waals surface area contributed by atoms with Crippen molar-refractivity contribution in [3.63, 3.8) is 0 Å². The number of aromatic nitrogens is 1. The molecule has 4 nitrogen and oxygen atoms in total. The number of hydrogen-bond donors (Lipinski definition) is 1. The summed E-state index contributed by atoms with van der Waals surface area (Å²) in [6, 6.07) is 12.8. The minimum absolute atomic E-state index is 0.0271. The third kappa shape index (κ3) is 3.47. The van der Waals surface area contributed by atoms with Crippen LogP contribution < -0.4 is 5.73 Å². The van der Waals surface area contributed by atoms with E-state index in [2.05, 4.69) is 6.07 Å². The Morgan fingerprint density at radius 1 is 1.03 bits per heavy atom. The highest BCUT2D eigenvalue weighted by atomic mass is 35.5. The number of Topliss-reactive ketones (excluding diaryl/α,β-unsaturated/α-hetero) is 1. The first-order valence-corrected chi connectivity index (χ1v) is 10.2. The Morgan fingerprint density at radius 2 is 1.69 bits per heavy atom. The van der Waals surface area contributed by atoms with Gasteiger partial charge < -0.3 is 10.3 Å². The van der Waals surface area contributed by atoms with Crippen LogP contribution in [0.25, 0.3) is 5.69 Å². The van der Waals surface area contributed by atoms with Crippen LogP contribution in [-0.4, -0.2) is 16.3 Å². The lowest BCUT2D eigenvalue weighted by Crippen LogP contribution is -2.25. The lowest BCUT2D eigenvalue weighted by Gasteiger charge is -2.21. The van der Waals surface area contributed by atoms with Crippen LogP contribution in [0.1, 0.15) is 52.0 Å². The molecule has 3 aromatic rings. The summed E-state index contributed by atoms with van der Waals surface area (Å²) in [5.41, 5.74) is 10.7. The second-order valence-electron chi connectivity index (χ2n) is 7.32. The van der Waals surface area contributed by atoms with E-state index in [0.717, 1.165) is 24.9 Å². The molecule has 1 aliphatic carbocycles. The van der Waals surface area contributed by atoms with E-state index in [-0.39, 0.29) is 5.78 Å². The number of nitrogens with zero attached hydrogens (tertiary/aromatic N) is 1. The zero-order valence-electron chi connectivity index (χ0n) is 15.9. The SMILES string of the molecule is CC(=O)c1cc2c(cc1-n1cccc1C(C(N)=O)c1c(Cl)cccc1Cl)CCC2. The average molecular weight is 427 g/mol. The number of carbonyl (C=O) groups is 2. The van der Waals surface area contributed by atoms with Crippen molar-refractivity contribution in [1.82, 2.24) is 4.57 Å². The normalized spacial score (nSPS) is 13.9. The maximum atomic E-state index is 12.5. The first-order chi connectivity index (χ1) is 13.9. The van der Waals surface area contributed by atoms with Crippen LogP contribution >= 0.6 is 23.2 Å². The molecule has 29 heavy (non-hydrogen) atoms. The number of nitrogens with two attached hydrogens (primary N) is 1.